The summed E-state index contributed by atoms with van der Waals surface area (Å²) < 4.78 is 18.8. The maximum absolute atomic E-state index is 13.3. The summed E-state index contributed by atoms with van der Waals surface area (Å²) in [6.07, 6.45) is 0.743. The molecule has 0 radical (unpaired) electrons. The van der Waals surface area contributed by atoms with Crippen molar-refractivity contribution < 1.29 is 9.13 Å². The van der Waals surface area contributed by atoms with E-state index in [-0.39, 0.29) is 29.8 Å². The van der Waals surface area contributed by atoms with E-state index in [4.69, 9.17) is 9.73 Å². The number of rotatable bonds is 7. The van der Waals surface area contributed by atoms with E-state index < -0.39 is 0 Å². The minimum atomic E-state index is -0.196. The molecule has 0 amide bonds. The van der Waals surface area contributed by atoms with Crippen LogP contribution in [0.15, 0.2) is 53.5 Å². The molecule has 0 bridgehead atoms. The van der Waals surface area contributed by atoms with Gasteiger partial charge < -0.3 is 20.3 Å². The van der Waals surface area contributed by atoms with Crippen LogP contribution in [0.3, 0.4) is 0 Å². The number of hydrogen-bond donors (Lipinski definition) is 2. The van der Waals surface area contributed by atoms with Crippen LogP contribution >= 0.6 is 24.0 Å². The second-order valence-corrected chi connectivity index (χ2v) is 6.73. The molecular weight excluding hydrogens is 482 g/mol. The molecule has 1 fully saturated rings. The molecule has 0 aromatic heterocycles. The van der Waals surface area contributed by atoms with Gasteiger partial charge in [-0.2, -0.15) is 0 Å². The third kappa shape index (κ3) is 7.47. The lowest BCUT2D eigenvalue weighted by atomic mass is 10.1. The van der Waals surface area contributed by atoms with Crippen LogP contribution in [0.1, 0.15) is 18.1 Å². The van der Waals surface area contributed by atoms with Gasteiger partial charge in [0.25, 0.3) is 0 Å². The molecule has 0 aliphatic carbocycles. The lowest BCUT2D eigenvalue weighted by Gasteiger charge is -2.30. The molecule has 0 saturated carbocycles. The first-order chi connectivity index (χ1) is 13.8. The number of para-hydroxylation sites is 1. The smallest absolute Gasteiger partial charge is 0.191 e. The zero-order valence-electron chi connectivity index (χ0n) is 16.9. The topological polar surface area (TPSA) is 48.9 Å². The van der Waals surface area contributed by atoms with Crippen LogP contribution in [-0.4, -0.2) is 45.4 Å². The molecular formula is C22H30FIN4O. The minimum Gasteiger partial charge on any atom is -0.378 e. The maximum atomic E-state index is 13.3. The molecule has 0 unspecified atom stereocenters. The second kappa shape index (κ2) is 12.6. The quantitative estimate of drug-likeness (QED) is 0.339. The van der Waals surface area contributed by atoms with Crippen molar-refractivity contribution in [2.75, 3.05) is 44.3 Å². The summed E-state index contributed by atoms with van der Waals surface area (Å²) in [6, 6.07) is 15.1. The Morgan fingerprint density at radius 1 is 1.10 bits per heavy atom. The van der Waals surface area contributed by atoms with E-state index in [1.807, 2.05) is 13.0 Å². The average Bonchev–Trinajstić information content (AvgIpc) is 2.73. The van der Waals surface area contributed by atoms with Crippen LogP contribution in [0.2, 0.25) is 0 Å². The molecule has 0 atom stereocenters. The first-order valence-corrected chi connectivity index (χ1v) is 9.93. The molecule has 2 aromatic carbocycles. The van der Waals surface area contributed by atoms with Crippen LogP contribution in [0, 0.1) is 5.82 Å². The van der Waals surface area contributed by atoms with Gasteiger partial charge in [0.05, 0.1) is 19.8 Å². The standard InChI is InChI=1S/C22H29FN4O.HI/c1-2-24-22(25-11-10-18-6-5-8-20(23)16-18)26-17-19-7-3-4-9-21(19)27-12-14-28-15-13-27;/h3-9,16H,2,10-15,17H2,1H3,(H2,24,25,26);1H. The highest BCUT2D eigenvalue weighted by Gasteiger charge is 2.14. The molecule has 1 saturated heterocycles. The monoisotopic (exact) mass is 512 g/mol. The molecule has 29 heavy (non-hydrogen) atoms. The van der Waals surface area contributed by atoms with Gasteiger partial charge in [0.15, 0.2) is 5.96 Å². The van der Waals surface area contributed by atoms with Gasteiger partial charge >= 0.3 is 0 Å². The van der Waals surface area contributed by atoms with E-state index in [2.05, 4.69) is 39.8 Å². The normalized spacial score (nSPS) is 14.3. The summed E-state index contributed by atoms with van der Waals surface area (Å²) in [4.78, 5) is 7.11. The van der Waals surface area contributed by atoms with Crippen molar-refractivity contribution in [2.45, 2.75) is 19.9 Å². The number of halogens is 2. The number of anilines is 1. The molecule has 2 N–H and O–H groups in total. The van der Waals surface area contributed by atoms with E-state index in [1.165, 1.54) is 17.3 Å². The number of morpholine rings is 1. The number of nitrogens with zero attached hydrogens (tertiary/aromatic N) is 2. The molecule has 2 aromatic rings. The minimum absolute atomic E-state index is 0. The van der Waals surface area contributed by atoms with Gasteiger partial charge in [0.1, 0.15) is 5.82 Å². The second-order valence-electron chi connectivity index (χ2n) is 6.73. The maximum Gasteiger partial charge on any atom is 0.191 e. The predicted octanol–water partition coefficient (Wildman–Crippen LogP) is 3.58. The van der Waals surface area contributed by atoms with E-state index in [9.17, 15) is 4.39 Å². The SMILES string of the molecule is CCNC(=NCc1ccccc1N1CCOCC1)NCCc1cccc(F)c1.I. The van der Waals surface area contributed by atoms with Crippen molar-refractivity contribution in [1.82, 2.24) is 10.6 Å². The zero-order valence-corrected chi connectivity index (χ0v) is 19.2. The van der Waals surface area contributed by atoms with Crippen LogP contribution in [0.5, 0.6) is 0 Å². The van der Waals surface area contributed by atoms with Crippen molar-refractivity contribution >= 4 is 35.6 Å². The number of guanidine groups is 1. The van der Waals surface area contributed by atoms with Gasteiger partial charge in [0, 0.05) is 31.9 Å². The van der Waals surface area contributed by atoms with Crippen LogP contribution in [0.25, 0.3) is 0 Å². The largest absolute Gasteiger partial charge is 0.378 e. The van der Waals surface area contributed by atoms with Crippen molar-refractivity contribution in [3.8, 4) is 0 Å². The fraction of sp³-hybridized carbons (Fsp3) is 0.409. The highest BCUT2D eigenvalue weighted by molar-refractivity contribution is 14.0. The Hall–Kier alpha value is -1.87. The van der Waals surface area contributed by atoms with Crippen LogP contribution < -0.4 is 15.5 Å². The van der Waals surface area contributed by atoms with E-state index >= 15 is 0 Å². The average molecular weight is 512 g/mol. The third-order valence-electron chi connectivity index (χ3n) is 4.69. The molecule has 158 valence electrons. The lowest BCUT2D eigenvalue weighted by molar-refractivity contribution is 0.122. The van der Waals surface area contributed by atoms with Gasteiger partial charge in [-0.25, -0.2) is 9.38 Å². The summed E-state index contributed by atoms with van der Waals surface area (Å²) >= 11 is 0. The fourth-order valence-electron chi connectivity index (χ4n) is 3.28. The Kier molecular flexibility index (Phi) is 10.2. The Balaban J connectivity index is 0.00000300. The van der Waals surface area contributed by atoms with E-state index in [0.29, 0.717) is 13.1 Å². The molecule has 1 heterocycles. The van der Waals surface area contributed by atoms with Crippen molar-refractivity contribution in [3.05, 3.63) is 65.5 Å². The first kappa shape index (κ1) is 23.4. The molecule has 0 spiro atoms. The third-order valence-corrected chi connectivity index (χ3v) is 4.69. The van der Waals surface area contributed by atoms with E-state index in [1.54, 1.807) is 12.1 Å². The van der Waals surface area contributed by atoms with Gasteiger partial charge in [-0.15, -0.1) is 24.0 Å². The Morgan fingerprint density at radius 3 is 2.66 bits per heavy atom. The lowest BCUT2D eigenvalue weighted by Crippen LogP contribution is -2.38. The predicted molar refractivity (Wildman–Crippen MR) is 128 cm³/mol. The van der Waals surface area contributed by atoms with Crippen LogP contribution in [-0.2, 0) is 17.7 Å². The molecule has 5 nitrogen and oxygen atoms in total. The number of aliphatic imine (C=N–C) groups is 1. The van der Waals surface area contributed by atoms with Gasteiger partial charge in [-0.1, -0.05) is 30.3 Å². The summed E-state index contributed by atoms with van der Waals surface area (Å²) in [5.41, 5.74) is 3.40. The fourth-order valence-corrected chi connectivity index (χ4v) is 3.28. The summed E-state index contributed by atoms with van der Waals surface area (Å²) in [6.45, 7) is 7.48. The number of ether oxygens (including phenoxy) is 1. The molecule has 7 heteroatoms. The molecule has 1 aliphatic rings. The molecule has 3 rings (SSSR count). The van der Waals surface area contributed by atoms with Crippen LogP contribution in [0.4, 0.5) is 10.1 Å². The summed E-state index contributed by atoms with van der Waals surface area (Å²) in [5.74, 6) is 0.577. The number of benzene rings is 2. The Labute approximate surface area is 189 Å². The van der Waals surface area contributed by atoms with Gasteiger partial charge in [-0.3, -0.25) is 0 Å². The van der Waals surface area contributed by atoms with Gasteiger partial charge in [0.2, 0.25) is 0 Å². The number of nitrogens with one attached hydrogen (secondary N) is 2. The number of hydrogen-bond acceptors (Lipinski definition) is 3. The Bertz CT molecular complexity index is 781. The zero-order chi connectivity index (χ0) is 19.6. The summed E-state index contributed by atoms with van der Waals surface area (Å²) in [5, 5.41) is 6.62. The Morgan fingerprint density at radius 2 is 1.90 bits per heavy atom. The van der Waals surface area contributed by atoms with Crippen molar-refractivity contribution in [1.29, 1.82) is 0 Å². The summed E-state index contributed by atoms with van der Waals surface area (Å²) in [7, 11) is 0. The van der Waals surface area contributed by atoms with E-state index in [0.717, 1.165) is 50.8 Å². The first-order valence-electron chi connectivity index (χ1n) is 9.93. The van der Waals surface area contributed by atoms with Crippen molar-refractivity contribution in [2.24, 2.45) is 4.99 Å². The molecule has 1 aliphatic heterocycles. The van der Waals surface area contributed by atoms with Gasteiger partial charge in [-0.05, 0) is 42.7 Å². The van der Waals surface area contributed by atoms with Crippen molar-refractivity contribution in [3.63, 3.8) is 0 Å². The highest BCUT2D eigenvalue weighted by atomic mass is 127. The highest BCUT2D eigenvalue weighted by Crippen LogP contribution is 2.22.